The predicted octanol–water partition coefficient (Wildman–Crippen LogP) is 2.28. The van der Waals surface area contributed by atoms with Gasteiger partial charge >= 0.3 is 0 Å². The van der Waals surface area contributed by atoms with E-state index in [-0.39, 0.29) is 5.84 Å². The molecule has 0 aliphatic rings. The number of hydrogen-bond donors (Lipinski definition) is 3. The molecule has 4 N–H and O–H groups in total. The third kappa shape index (κ3) is 3.26. The van der Waals surface area contributed by atoms with E-state index in [0.29, 0.717) is 23.2 Å². The first kappa shape index (κ1) is 14.5. The Hall–Kier alpha value is -3.42. The monoisotopic (exact) mass is 310 g/mol. The zero-order valence-electron chi connectivity index (χ0n) is 12.3. The van der Waals surface area contributed by atoms with Crippen LogP contribution in [-0.4, -0.2) is 26.0 Å². The van der Waals surface area contributed by atoms with Crippen LogP contribution < -0.4 is 11.1 Å². The molecule has 8 nitrogen and oxygen atoms in total. The number of nitrogens with two attached hydrogens (primary N) is 1. The van der Waals surface area contributed by atoms with E-state index in [4.69, 9.17) is 15.4 Å². The van der Waals surface area contributed by atoms with Crippen molar-refractivity contribution in [2.24, 2.45) is 10.9 Å². The Balaban J connectivity index is 1.75. The Bertz CT molecular complexity index is 824. The van der Waals surface area contributed by atoms with Gasteiger partial charge in [-0.15, -0.1) is 0 Å². The second-order valence-electron chi connectivity index (χ2n) is 4.76. The molecule has 0 saturated heterocycles. The van der Waals surface area contributed by atoms with Gasteiger partial charge in [-0.3, -0.25) is 9.97 Å². The van der Waals surface area contributed by atoms with Crippen LogP contribution in [0, 0.1) is 6.92 Å². The largest absolute Gasteiger partial charge is 0.423 e. The highest BCUT2D eigenvalue weighted by molar-refractivity contribution is 5.95. The number of rotatable bonds is 4. The zero-order chi connectivity index (χ0) is 16.2. The molecule has 0 bridgehead atoms. The van der Waals surface area contributed by atoms with Crippen molar-refractivity contribution in [1.29, 1.82) is 0 Å². The Kier molecular flexibility index (Phi) is 3.88. The quantitative estimate of drug-likeness (QED) is 0.292. The fourth-order valence-corrected chi connectivity index (χ4v) is 1.87. The van der Waals surface area contributed by atoms with Crippen LogP contribution in [0.15, 0.2) is 52.4 Å². The standard InChI is InChI=1S/C15H14N6O2/c1-9-2-3-10(6-17-9)13-8-19-15(23-13)20-11-4-5-12(18-7-11)14(16)21-22/h2-8,22H,1H3,(H2,16,21)(H,19,20). The fourth-order valence-electron chi connectivity index (χ4n) is 1.87. The number of pyridine rings is 2. The Morgan fingerprint density at radius 3 is 2.65 bits per heavy atom. The van der Waals surface area contributed by atoms with Gasteiger partial charge in [-0.2, -0.15) is 0 Å². The molecule has 0 aliphatic carbocycles. The Morgan fingerprint density at radius 2 is 2.00 bits per heavy atom. The van der Waals surface area contributed by atoms with Crippen molar-refractivity contribution < 1.29 is 9.62 Å². The SMILES string of the molecule is Cc1ccc(-c2cnc(Nc3ccc(/C(N)=N\O)nc3)o2)cn1. The van der Waals surface area contributed by atoms with Crippen molar-refractivity contribution in [2.45, 2.75) is 6.92 Å². The molecule has 3 heterocycles. The topological polar surface area (TPSA) is 122 Å². The van der Waals surface area contributed by atoms with E-state index in [9.17, 15) is 0 Å². The van der Waals surface area contributed by atoms with Crippen LogP contribution in [0.1, 0.15) is 11.4 Å². The summed E-state index contributed by atoms with van der Waals surface area (Å²) in [5.74, 6) is 0.558. The van der Waals surface area contributed by atoms with Gasteiger partial charge in [-0.25, -0.2) is 4.98 Å². The predicted molar refractivity (Wildman–Crippen MR) is 84.5 cm³/mol. The average Bonchev–Trinajstić information content (AvgIpc) is 3.04. The second-order valence-corrected chi connectivity index (χ2v) is 4.76. The average molecular weight is 310 g/mol. The van der Waals surface area contributed by atoms with E-state index in [0.717, 1.165) is 11.3 Å². The molecule has 0 atom stereocenters. The van der Waals surface area contributed by atoms with Crippen molar-refractivity contribution in [3.63, 3.8) is 0 Å². The number of amidine groups is 1. The summed E-state index contributed by atoms with van der Waals surface area (Å²) in [5, 5.41) is 14.5. The first-order valence-corrected chi connectivity index (χ1v) is 6.75. The van der Waals surface area contributed by atoms with Crippen molar-refractivity contribution in [2.75, 3.05) is 5.32 Å². The maximum absolute atomic E-state index is 8.60. The Morgan fingerprint density at radius 1 is 1.13 bits per heavy atom. The molecular formula is C15H14N6O2. The molecule has 3 aromatic heterocycles. The highest BCUT2D eigenvalue weighted by atomic mass is 16.4. The van der Waals surface area contributed by atoms with Crippen LogP contribution >= 0.6 is 0 Å². The summed E-state index contributed by atoms with van der Waals surface area (Å²) < 4.78 is 5.63. The lowest BCUT2D eigenvalue weighted by molar-refractivity contribution is 0.318. The van der Waals surface area contributed by atoms with E-state index in [1.807, 2.05) is 19.1 Å². The van der Waals surface area contributed by atoms with Crippen molar-refractivity contribution in [3.8, 4) is 11.3 Å². The second kappa shape index (κ2) is 6.14. The third-order valence-electron chi connectivity index (χ3n) is 3.09. The molecule has 8 heteroatoms. The molecule has 3 rings (SSSR count). The first-order valence-electron chi connectivity index (χ1n) is 6.75. The van der Waals surface area contributed by atoms with Gasteiger partial charge in [0.2, 0.25) is 0 Å². The number of nitrogens with one attached hydrogen (secondary N) is 1. The van der Waals surface area contributed by atoms with Gasteiger partial charge in [-0.1, -0.05) is 5.16 Å². The summed E-state index contributed by atoms with van der Waals surface area (Å²) in [6.45, 7) is 1.92. The minimum Gasteiger partial charge on any atom is -0.423 e. The fraction of sp³-hybridized carbons (Fsp3) is 0.0667. The lowest BCUT2D eigenvalue weighted by atomic mass is 10.2. The molecule has 0 fully saturated rings. The van der Waals surface area contributed by atoms with E-state index in [2.05, 4.69) is 25.4 Å². The maximum atomic E-state index is 8.60. The van der Waals surface area contributed by atoms with Gasteiger partial charge < -0.3 is 20.7 Å². The maximum Gasteiger partial charge on any atom is 0.299 e. The zero-order valence-corrected chi connectivity index (χ0v) is 12.3. The van der Waals surface area contributed by atoms with Crippen LogP contribution in [-0.2, 0) is 0 Å². The minimum absolute atomic E-state index is 0.0539. The molecule has 3 aromatic rings. The number of anilines is 2. The van der Waals surface area contributed by atoms with E-state index < -0.39 is 0 Å². The number of oxime groups is 1. The van der Waals surface area contributed by atoms with Crippen LogP contribution in [0.2, 0.25) is 0 Å². The number of aromatic nitrogens is 3. The minimum atomic E-state index is -0.0539. The van der Waals surface area contributed by atoms with Crippen LogP contribution in [0.25, 0.3) is 11.3 Å². The van der Waals surface area contributed by atoms with Gasteiger partial charge in [0.05, 0.1) is 18.1 Å². The van der Waals surface area contributed by atoms with Gasteiger partial charge in [-0.05, 0) is 31.2 Å². The molecule has 0 saturated carbocycles. The van der Waals surface area contributed by atoms with Crippen LogP contribution in [0.5, 0.6) is 0 Å². The normalized spacial score (nSPS) is 11.4. The van der Waals surface area contributed by atoms with Crippen LogP contribution in [0.3, 0.4) is 0 Å². The smallest absolute Gasteiger partial charge is 0.299 e. The molecule has 23 heavy (non-hydrogen) atoms. The molecule has 0 spiro atoms. The molecule has 0 aromatic carbocycles. The highest BCUT2D eigenvalue weighted by Gasteiger charge is 2.08. The van der Waals surface area contributed by atoms with Crippen molar-refractivity contribution in [1.82, 2.24) is 15.0 Å². The lowest BCUT2D eigenvalue weighted by Crippen LogP contribution is -2.14. The first-order chi connectivity index (χ1) is 11.2. The number of nitrogens with zero attached hydrogens (tertiary/aromatic N) is 4. The van der Waals surface area contributed by atoms with Gasteiger partial charge in [0.15, 0.2) is 11.6 Å². The molecular weight excluding hydrogens is 296 g/mol. The summed E-state index contributed by atoms with van der Waals surface area (Å²) in [4.78, 5) is 12.4. The lowest BCUT2D eigenvalue weighted by Gasteiger charge is -2.02. The third-order valence-corrected chi connectivity index (χ3v) is 3.09. The highest BCUT2D eigenvalue weighted by Crippen LogP contribution is 2.23. The van der Waals surface area contributed by atoms with Gasteiger partial charge in [0, 0.05) is 17.5 Å². The van der Waals surface area contributed by atoms with Gasteiger partial charge in [0.25, 0.3) is 6.01 Å². The summed E-state index contributed by atoms with van der Waals surface area (Å²) in [7, 11) is 0. The van der Waals surface area contributed by atoms with E-state index >= 15 is 0 Å². The summed E-state index contributed by atoms with van der Waals surface area (Å²) in [5.41, 5.74) is 8.27. The summed E-state index contributed by atoms with van der Waals surface area (Å²) >= 11 is 0. The molecule has 116 valence electrons. The van der Waals surface area contributed by atoms with Crippen LogP contribution in [0.4, 0.5) is 11.7 Å². The molecule has 0 radical (unpaired) electrons. The number of aryl methyl sites for hydroxylation is 1. The Labute approximate surface area is 131 Å². The van der Waals surface area contributed by atoms with Crippen molar-refractivity contribution in [3.05, 3.63) is 54.2 Å². The molecule has 0 unspecified atom stereocenters. The van der Waals surface area contributed by atoms with E-state index in [1.165, 1.54) is 6.20 Å². The number of hydrogen-bond acceptors (Lipinski definition) is 7. The molecule has 0 amide bonds. The number of oxazole rings is 1. The molecule has 0 aliphatic heterocycles. The van der Waals surface area contributed by atoms with Gasteiger partial charge in [0.1, 0.15) is 5.69 Å². The summed E-state index contributed by atoms with van der Waals surface area (Å²) in [6.07, 6.45) is 4.88. The summed E-state index contributed by atoms with van der Waals surface area (Å²) in [6, 6.07) is 7.49. The van der Waals surface area contributed by atoms with E-state index in [1.54, 1.807) is 24.5 Å². The van der Waals surface area contributed by atoms with Crippen molar-refractivity contribution >= 4 is 17.5 Å².